The predicted molar refractivity (Wildman–Crippen MR) is 321 cm³/mol. The lowest BCUT2D eigenvalue weighted by molar-refractivity contribution is -0.167. The molecule has 0 aliphatic carbocycles. The molecule has 0 aromatic heterocycles. The largest absolute Gasteiger partial charge is 0.462 e. The zero-order chi connectivity index (χ0) is 53.6. The van der Waals surface area contributed by atoms with Gasteiger partial charge in [0.05, 0.1) is 0 Å². The third-order valence-corrected chi connectivity index (χ3v) is 15.9. The van der Waals surface area contributed by atoms with Crippen molar-refractivity contribution in [2.24, 2.45) is 0 Å². The molecule has 0 aliphatic heterocycles. The molecule has 0 aliphatic rings. The van der Waals surface area contributed by atoms with Gasteiger partial charge in [-0.1, -0.05) is 361 Å². The summed E-state index contributed by atoms with van der Waals surface area (Å²) in [5.41, 5.74) is 0. The molecule has 0 saturated carbocycles. The van der Waals surface area contributed by atoms with Gasteiger partial charge in [0.1, 0.15) is 13.2 Å². The van der Waals surface area contributed by atoms with Crippen LogP contribution in [0.4, 0.5) is 0 Å². The average molecular weight is 1050 g/mol. The van der Waals surface area contributed by atoms with Gasteiger partial charge in [-0.2, -0.15) is 0 Å². The Kier molecular flexibility index (Phi) is 62.6. The first-order valence-electron chi connectivity index (χ1n) is 34.0. The van der Waals surface area contributed by atoms with E-state index in [1.807, 2.05) is 0 Å². The van der Waals surface area contributed by atoms with Gasteiger partial charge in [0.2, 0.25) is 0 Å². The molecule has 74 heavy (non-hydrogen) atoms. The quantitative estimate of drug-likeness (QED) is 0.0343. The molecule has 6 nitrogen and oxygen atoms in total. The van der Waals surface area contributed by atoms with E-state index in [2.05, 4.69) is 20.8 Å². The van der Waals surface area contributed by atoms with Crippen molar-refractivity contribution in [3.63, 3.8) is 0 Å². The van der Waals surface area contributed by atoms with E-state index in [-0.39, 0.29) is 31.1 Å². The summed E-state index contributed by atoms with van der Waals surface area (Å²) < 4.78 is 16.9. The van der Waals surface area contributed by atoms with Crippen LogP contribution in [0.25, 0.3) is 0 Å². The summed E-state index contributed by atoms with van der Waals surface area (Å²) in [5.74, 6) is -0.826. The van der Waals surface area contributed by atoms with Gasteiger partial charge in [-0.05, 0) is 19.3 Å². The van der Waals surface area contributed by atoms with Crippen LogP contribution in [0.2, 0.25) is 0 Å². The zero-order valence-corrected chi connectivity index (χ0v) is 50.7. The van der Waals surface area contributed by atoms with Gasteiger partial charge >= 0.3 is 17.9 Å². The van der Waals surface area contributed by atoms with Crippen molar-refractivity contribution >= 4 is 17.9 Å². The summed E-state index contributed by atoms with van der Waals surface area (Å²) in [5, 5.41) is 0. The van der Waals surface area contributed by atoms with E-state index in [1.165, 1.54) is 302 Å². The average Bonchev–Trinajstić information content (AvgIpc) is 3.40. The normalized spacial score (nSPS) is 11.9. The van der Waals surface area contributed by atoms with Gasteiger partial charge in [-0.25, -0.2) is 0 Å². The molecule has 0 spiro atoms. The van der Waals surface area contributed by atoms with Gasteiger partial charge in [0, 0.05) is 19.3 Å². The van der Waals surface area contributed by atoms with Crippen molar-refractivity contribution in [1.29, 1.82) is 0 Å². The maximum absolute atomic E-state index is 12.9. The fourth-order valence-corrected chi connectivity index (χ4v) is 10.7. The standard InChI is InChI=1S/C68H132O6/c1-4-7-10-13-16-19-22-24-26-28-30-32-34-36-38-40-42-44-46-49-52-55-58-61-67(70)73-64-65(63-72-66(69)60-57-54-51-48-21-18-15-12-9-6-3)74-68(71)62-59-56-53-50-47-45-43-41-39-37-35-33-31-29-27-25-23-20-17-14-11-8-5-2/h65H,4-64H2,1-3H3. The Labute approximate surface area is 463 Å². The Morgan fingerprint density at radius 1 is 0.216 bits per heavy atom. The number of rotatable bonds is 64. The SMILES string of the molecule is CCCCCCCCCCCCCCCCCCCCCCCCCC(=O)OCC(COC(=O)CCCCCCCCCCCC)OC(=O)CCCCCCCCCCCCCCCCCCCCCCCCC. The molecule has 440 valence electrons. The molecule has 1 atom stereocenters. The Morgan fingerprint density at radius 2 is 0.365 bits per heavy atom. The Hall–Kier alpha value is -1.59. The summed E-state index contributed by atoms with van der Waals surface area (Å²) in [6.45, 7) is 6.72. The van der Waals surface area contributed by atoms with Gasteiger partial charge in [0.15, 0.2) is 6.10 Å². The highest BCUT2D eigenvalue weighted by molar-refractivity contribution is 5.71. The number of hydrogen-bond donors (Lipinski definition) is 0. The molecule has 0 rings (SSSR count). The van der Waals surface area contributed by atoms with Gasteiger partial charge < -0.3 is 14.2 Å². The third-order valence-electron chi connectivity index (χ3n) is 15.9. The highest BCUT2D eigenvalue weighted by atomic mass is 16.6. The summed E-state index contributed by atoms with van der Waals surface area (Å²) >= 11 is 0. The van der Waals surface area contributed by atoms with E-state index in [0.717, 1.165) is 57.8 Å². The molecule has 0 radical (unpaired) electrons. The van der Waals surface area contributed by atoms with Gasteiger partial charge in [0.25, 0.3) is 0 Å². The number of carbonyl (C=O) groups excluding carboxylic acids is 3. The molecule has 0 aromatic carbocycles. The molecule has 0 saturated heterocycles. The van der Waals surface area contributed by atoms with Crippen LogP contribution in [0.5, 0.6) is 0 Å². The van der Waals surface area contributed by atoms with Gasteiger partial charge in [-0.3, -0.25) is 14.4 Å². The maximum Gasteiger partial charge on any atom is 0.306 e. The third kappa shape index (κ3) is 61.3. The van der Waals surface area contributed by atoms with Crippen LogP contribution < -0.4 is 0 Å². The second-order valence-corrected chi connectivity index (χ2v) is 23.5. The minimum Gasteiger partial charge on any atom is -0.462 e. The lowest BCUT2D eigenvalue weighted by Gasteiger charge is -2.18. The number of esters is 3. The monoisotopic (exact) mass is 1050 g/mol. The van der Waals surface area contributed by atoms with Crippen molar-refractivity contribution in [3.05, 3.63) is 0 Å². The Morgan fingerprint density at radius 3 is 0.541 bits per heavy atom. The number of hydrogen-bond acceptors (Lipinski definition) is 6. The van der Waals surface area contributed by atoms with Crippen molar-refractivity contribution < 1.29 is 28.6 Å². The molecular weight excluding hydrogens is 913 g/mol. The van der Waals surface area contributed by atoms with E-state index in [1.54, 1.807) is 0 Å². The first-order chi connectivity index (χ1) is 36.5. The number of carbonyl (C=O) groups is 3. The van der Waals surface area contributed by atoms with E-state index >= 15 is 0 Å². The van der Waals surface area contributed by atoms with E-state index in [9.17, 15) is 14.4 Å². The fraction of sp³-hybridized carbons (Fsp3) is 0.956. The Bertz CT molecular complexity index is 1110. The van der Waals surface area contributed by atoms with Crippen molar-refractivity contribution in [3.8, 4) is 0 Å². The molecule has 0 fully saturated rings. The second-order valence-electron chi connectivity index (χ2n) is 23.5. The first kappa shape index (κ1) is 72.4. The maximum atomic E-state index is 12.9. The fourth-order valence-electron chi connectivity index (χ4n) is 10.7. The molecule has 1 unspecified atom stereocenters. The summed E-state index contributed by atoms with van der Waals surface area (Å²) in [6.07, 6.45) is 74.2. The van der Waals surface area contributed by atoms with Crippen molar-refractivity contribution in [2.75, 3.05) is 13.2 Å². The highest BCUT2D eigenvalue weighted by Crippen LogP contribution is 2.19. The van der Waals surface area contributed by atoms with E-state index in [4.69, 9.17) is 14.2 Å². The lowest BCUT2D eigenvalue weighted by atomic mass is 10.0. The van der Waals surface area contributed by atoms with Gasteiger partial charge in [-0.15, -0.1) is 0 Å². The molecule has 0 N–H and O–H groups in total. The second kappa shape index (κ2) is 63.9. The summed E-state index contributed by atoms with van der Waals surface area (Å²) in [4.78, 5) is 38.3. The topological polar surface area (TPSA) is 78.9 Å². The van der Waals surface area contributed by atoms with Crippen LogP contribution in [-0.2, 0) is 28.6 Å². The molecule has 6 heteroatoms. The molecule has 0 bridgehead atoms. The molecule has 0 amide bonds. The van der Waals surface area contributed by atoms with Crippen LogP contribution in [0.1, 0.15) is 400 Å². The lowest BCUT2D eigenvalue weighted by Crippen LogP contribution is -2.30. The van der Waals surface area contributed by atoms with Crippen LogP contribution in [0.3, 0.4) is 0 Å². The van der Waals surface area contributed by atoms with E-state index < -0.39 is 6.10 Å². The highest BCUT2D eigenvalue weighted by Gasteiger charge is 2.19. The van der Waals surface area contributed by atoms with Crippen LogP contribution in [-0.4, -0.2) is 37.2 Å². The number of unbranched alkanes of at least 4 members (excludes halogenated alkanes) is 53. The molecule has 0 heterocycles. The minimum absolute atomic E-state index is 0.0606. The number of ether oxygens (including phenoxy) is 3. The summed E-state index contributed by atoms with van der Waals surface area (Å²) in [7, 11) is 0. The predicted octanol–water partition coefficient (Wildman–Crippen LogP) is 23.1. The molecule has 0 aromatic rings. The van der Waals surface area contributed by atoms with E-state index in [0.29, 0.717) is 19.3 Å². The Balaban J connectivity index is 4.13. The zero-order valence-electron chi connectivity index (χ0n) is 50.7. The van der Waals surface area contributed by atoms with Crippen molar-refractivity contribution in [2.45, 2.75) is 406 Å². The molecular formula is C68H132O6. The smallest absolute Gasteiger partial charge is 0.306 e. The van der Waals surface area contributed by atoms with Crippen molar-refractivity contribution in [1.82, 2.24) is 0 Å². The minimum atomic E-state index is -0.762. The first-order valence-corrected chi connectivity index (χ1v) is 34.0. The van der Waals surface area contributed by atoms with Crippen LogP contribution >= 0.6 is 0 Å². The summed E-state index contributed by atoms with van der Waals surface area (Å²) in [6, 6.07) is 0. The van der Waals surface area contributed by atoms with Crippen LogP contribution in [0, 0.1) is 0 Å². The van der Waals surface area contributed by atoms with Crippen LogP contribution in [0.15, 0.2) is 0 Å².